The molecule has 2 N–H and O–H groups in total. The number of ether oxygens (including phenoxy) is 1. The summed E-state index contributed by atoms with van der Waals surface area (Å²) in [6.07, 6.45) is 0. The van der Waals surface area contributed by atoms with E-state index in [9.17, 15) is 0 Å². The van der Waals surface area contributed by atoms with Crippen molar-refractivity contribution < 1.29 is 4.74 Å². The van der Waals surface area contributed by atoms with E-state index in [-0.39, 0.29) is 5.54 Å². The van der Waals surface area contributed by atoms with Crippen LogP contribution in [0.1, 0.15) is 12.5 Å². The molecule has 3 heteroatoms. The zero-order valence-corrected chi connectivity index (χ0v) is 10.4. The number of likely N-dealkylation sites (N-methyl/N-ethyl adjacent to an activating group) is 1. The van der Waals surface area contributed by atoms with Gasteiger partial charge in [-0.1, -0.05) is 30.3 Å². The Kier molecular flexibility index (Phi) is 4.93. The van der Waals surface area contributed by atoms with Crippen LogP contribution in [0.15, 0.2) is 30.3 Å². The third kappa shape index (κ3) is 3.30. The Morgan fingerprint density at radius 3 is 2.44 bits per heavy atom. The quantitative estimate of drug-likeness (QED) is 0.792. The maximum absolute atomic E-state index is 5.83. The number of methoxy groups -OCH3 is 1. The summed E-state index contributed by atoms with van der Waals surface area (Å²) in [7, 11) is 3.79. The zero-order valence-electron chi connectivity index (χ0n) is 10.4. The van der Waals surface area contributed by atoms with Crippen molar-refractivity contribution in [2.45, 2.75) is 19.0 Å². The van der Waals surface area contributed by atoms with Gasteiger partial charge in [0, 0.05) is 20.2 Å². The first kappa shape index (κ1) is 13.2. The molecule has 1 unspecified atom stereocenters. The molecule has 0 aliphatic carbocycles. The molecular formula is C13H22N2O. The van der Waals surface area contributed by atoms with Crippen LogP contribution in [0.2, 0.25) is 0 Å². The van der Waals surface area contributed by atoms with Gasteiger partial charge >= 0.3 is 0 Å². The Morgan fingerprint density at radius 1 is 1.31 bits per heavy atom. The molecule has 16 heavy (non-hydrogen) atoms. The third-order valence-corrected chi connectivity index (χ3v) is 3.08. The number of nitrogens with zero attached hydrogens (tertiary/aromatic N) is 1. The van der Waals surface area contributed by atoms with Gasteiger partial charge in [-0.15, -0.1) is 0 Å². The third-order valence-electron chi connectivity index (χ3n) is 3.08. The Bertz CT molecular complexity index is 302. The summed E-state index contributed by atoms with van der Waals surface area (Å²) in [6.45, 7) is 4.24. The van der Waals surface area contributed by atoms with E-state index >= 15 is 0 Å². The summed E-state index contributed by atoms with van der Waals surface area (Å²) in [5.74, 6) is 0. The molecule has 0 spiro atoms. The van der Waals surface area contributed by atoms with Crippen molar-refractivity contribution in [3.8, 4) is 0 Å². The Labute approximate surface area is 98.2 Å². The SMILES string of the molecule is COCC(C)(CN)N(C)Cc1ccccc1. The van der Waals surface area contributed by atoms with E-state index in [1.54, 1.807) is 7.11 Å². The van der Waals surface area contributed by atoms with Gasteiger partial charge in [0.25, 0.3) is 0 Å². The van der Waals surface area contributed by atoms with E-state index in [0.29, 0.717) is 13.2 Å². The van der Waals surface area contributed by atoms with Crippen LogP contribution in [0.3, 0.4) is 0 Å². The van der Waals surface area contributed by atoms with Crippen molar-refractivity contribution >= 4 is 0 Å². The van der Waals surface area contributed by atoms with Crippen molar-refractivity contribution in [1.29, 1.82) is 0 Å². The molecule has 0 aliphatic rings. The smallest absolute Gasteiger partial charge is 0.0656 e. The molecule has 0 saturated heterocycles. The molecule has 1 rings (SSSR count). The van der Waals surface area contributed by atoms with Crippen LogP contribution in [0, 0.1) is 0 Å². The lowest BCUT2D eigenvalue weighted by Gasteiger charge is -2.37. The summed E-state index contributed by atoms with van der Waals surface area (Å²) in [5, 5.41) is 0. The maximum Gasteiger partial charge on any atom is 0.0656 e. The number of hydrogen-bond donors (Lipinski definition) is 1. The van der Waals surface area contributed by atoms with Crippen molar-refractivity contribution in [1.82, 2.24) is 4.90 Å². The second-order valence-corrected chi connectivity index (χ2v) is 4.48. The van der Waals surface area contributed by atoms with Gasteiger partial charge in [-0.3, -0.25) is 4.90 Å². The van der Waals surface area contributed by atoms with Crippen molar-refractivity contribution in [3.63, 3.8) is 0 Å². The minimum Gasteiger partial charge on any atom is -0.383 e. The van der Waals surface area contributed by atoms with Gasteiger partial charge in [0.1, 0.15) is 0 Å². The first-order chi connectivity index (χ1) is 7.62. The van der Waals surface area contributed by atoms with E-state index in [2.05, 4.69) is 43.1 Å². The monoisotopic (exact) mass is 222 g/mol. The van der Waals surface area contributed by atoms with Crippen molar-refractivity contribution in [2.24, 2.45) is 5.73 Å². The molecule has 0 saturated carbocycles. The molecule has 90 valence electrons. The van der Waals surface area contributed by atoms with Gasteiger partial charge in [0.15, 0.2) is 0 Å². The highest BCUT2D eigenvalue weighted by atomic mass is 16.5. The van der Waals surface area contributed by atoms with E-state index < -0.39 is 0 Å². The molecule has 0 amide bonds. The second kappa shape index (κ2) is 5.99. The van der Waals surface area contributed by atoms with Gasteiger partial charge in [0.2, 0.25) is 0 Å². The standard InChI is InChI=1S/C13H22N2O/c1-13(10-14,11-16-3)15(2)9-12-7-5-4-6-8-12/h4-8H,9-11,14H2,1-3H3. The highest BCUT2D eigenvalue weighted by Gasteiger charge is 2.27. The molecule has 1 aromatic rings. The summed E-state index contributed by atoms with van der Waals surface area (Å²) in [4.78, 5) is 2.24. The molecule has 0 radical (unpaired) electrons. The molecule has 1 atom stereocenters. The molecule has 1 aromatic carbocycles. The van der Waals surface area contributed by atoms with E-state index in [1.807, 2.05) is 6.07 Å². The summed E-state index contributed by atoms with van der Waals surface area (Å²) >= 11 is 0. The van der Waals surface area contributed by atoms with E-state index in [0.717, 1.165) is 6.54 Å². The van der Waals surface area contributed by atoms with Gasteiger partial charge in [-0.05, 0) is 19.5 Å². The number of rotatable bonds is 6. The van der Waals surface area contributed by atoms with Crippen LogP contribution in [-0.4, -0.2) is 37.7 Å². The van der Waals surface area contributed by atoms with Crippen molar-refractivity contribution in [3.05, 3.63) is 35.9 Å². The lowest BCUT2D eigenvalue weighted by molar-refractivity contribution is 0.0391. The largest absolute Gasteiger partial charge is 0.383 e. The lowest BCUT2D eigenvalue weighted by atomic mass is 10.0. The minimum absolute atomic E-state index is 0.107. The Morgan fingerprint density at radius 2 is 1.94 bits per heavy atom. The maximum atomic E-state index is 5.83. The molecule has 0 aromatic heterocycles. The van der Waals surface area contributed by atoms with Crippen LogP contribution in [0.5, 0.6) is 0 Å². The van der Waals surface area contributed by atoms with E-state index in [4.69, 9.17) is 10.5 Å². The average molecular weight is 222 g/mol. The normalized spacial score (nSPS) is 15.1. The van der Waals surface area contributed by atoms with E-state index in [1.165, 1.54) is 5.56 Å². The second-order valence-electron chi connectivity index (χ2n) is 4.48. The van der Waals surface area contributed by atoms with Crippen molar-refractivity contribution in [2.75, 3.05) is 27.3 Å². The van der Waals surface area contributed by atoms with Gasteiger partial charge in [-0.25, -0.2) is 0 Å². The summed E-state index contributed by atoms with van der Waals surface area (Å²) in [6, 6.07) is 10.4. The minimum atomic E-state index is -0.107. The van der Waals surface area contributed by atoms with Crippen LogP contribution in [0.4, 0.5) is 0 Å². The molecule has 3 nitrogen and oxygen atoms in total. The number of hydrogen-bond acceptors (Lipinski definition) is 3. The van der Waals surface area contributed by atoms with Gasteiger partial charge in [0.05, 0.1) is 12.1 Å². The average Bonchev–Trinajstić information content (AvgIpc) is 2.30. The molecule has 0 fully saturated rings. The highest BCUT2D eigenvalue weighted by Crippen LogP contribution is 2.15. The predicted molar refractivity (Wildman–Crippen MR) is 67.2 cm³/mol. The molecule has 0 bridgehead atoms. The molecule has 0 heterocycles. The Balaban J connectivity index is 2.66. The summed E-state index contributed by atoms with van der Waals surface area (Å²) < 4.78 is 5.24. The van der Waals surface area contributed by atoms with Crippen LogP contribution in [0.25, 0.3) is 0 Å². The Hall–Kier alpha value is -0.900. The van der Waals surface area contributed by atoms with Gasteiger partial charge in [-0.2, -0.15) is 0 Å². The molecular weight excluding hydrogens is 200 g/mol. The fourth-order valence-corrected chi connectivity index (χ4v) is 1.68. The highest BCUT2D eigenvalue weighted by molar-refractivity contribution is 5.14. The van der Waals surface area contributed by atoms with Gasteiger partial charge < -0.3 is 10.5 Å². The topological polar surface area (TPSA) is 38.5 Å². The fourth-order valence-electron chi connectivity index (χ4n) is 1.68. The fraction of sp³-hybridized carbons (Fsp3) is 0.538. The lowest BCUT2D eigenvalue weighted by Crippen LogP contribution is -2.52. The van der Waals surface area contributed by atoms with Crippen LogP contribution < -0.4 is 5.73 Å². The molecule has 0 aliphatic heterocycles. The van der Waals surface area contributed by atoms with Crippen LogP contribution >= 0.6 is 0 Å². The zero-order chi connectivity index (χ0) is 12.0. The summed E-state index contributed by atoms with van der Waals surface area (Å²) in [5.41, 5.74) is 7.01. The number of benzene rings is 1. The predicted octanol–water partition coefficient (Wildman–Crippen LogP) is 1.48. The first-order valence-electron chi connectivity index (χ1n) is 5.56. The van der Waals surface area contributed by atoms with Crippen LogP contribution in [-0.2, 0) is 11.3 Å². The first-order valence-corrected chi connectivity index (χ1v) is 5.56. The number of nitrogens with two attached hydrogens (primary N) is 1.